The molecule has 26 heavy (non-hydrogen) atoms. The maximum atomic E-state index is 12.9. The lowest BCUT2D eigenvalue weighted by molar-refractivity contribution is -0.141. The van der Waals surface area contributed by atoms with Crippen LogP contribution in [0.1, 0.15) is 54.2 Å². The number of nitrogens with zero attached hydrogens (tertiary/aromatic N) is 2. The molecule has 2 N–H and O–H groups in total. The van der Waals surface area contributed by atoms with Crippen LogP contribution in [0.2, 0.25) is 0 Å². The molecule has 1 aliphatic rings. The van der Waals surface area contributed by atoms with Gasteiger partial charge in [-0.3, -0.25) is 19.0 Å². The second-order valence-electron chi connectivity index (χ2n) is 6.92. The molecule has 0 radical (unpaired) electrons. The highest BCUT2D eigenvalue weighted by Gasteiger charge is 2.25. The number of hydrogen-bond acceptors (Lipinski definition) is 5. The lowest BCUT2D eigenvalue weighted by Crippen LogP contribution is -2.40. The Morgan fingerprint density at radius 3 is 2.69 bits per heavy atom. The molecule has 2 atom stereocenters. The Labute approximate surface area is 155 Å². The molecule has 0 bridgehead atoms. The lowest BCUT2D eigenvalue weighted by Gasteiger charge is -2.17. The number of rotatable bonds is 4. The Kier molecular flexibility index (Phi) is 5.13. The first-order valence-corrected chi connectivity index (χ1v) is 9.69. The van der Waals surface area contributed by atoms with Gasteiger partial charge in [-0.05, 0) is 39.2 Å². The van der Waals surface area contributed by atoms with Crippen LogP contribution in [0.4, 0.5) is 0 Å². The Balaban J connectivity index is 1.99. The van der Waals surface area contributed by atoms with Crippen molar-refractivity contribution in [3.8, 4) is 0 Å². The summed E-state index contributed by atoms with van der Waals surface area (Å²) in [6.45, 7) is 5.64. The first-order valence-electron chi connectivity index (χ1n) is 8.87. The number of carbonyl (C=O) groups excluding carboxylic acids is 1. The van der Waals surface area contributed by atoms with Crippen LogP contribution in [0.3, 0.4) is 0 Å². The summed E-state index contributed by atoms with van der Waals surface area (Å²) >= 11 is 1.20. The highest BCUT2D eigenvalue weighted by molar-refractivity contribution is 7.20. The minimum atomic E-state index is -0.963. The number of carbonyl (C=O) groups is 2. The summed E-state index contributed by atoms with van der Waals surface area (Å²) in [5, 5.41) is 12.3. The molecule has 0 saturated heterocycles. The summed E-state index contributed by atoms with van der Waals surface area (Å²) in [5.41, 5.74) is 0.543. The molecule has 3 rings (SSSR count). The molecule has 0 fully saturated rings. The molecular formula is C18H23N3O4S. The number of amides is 1. The molecular weight excluding hydrogens is 354 g/mol. The van der Waals surface area contributed by atoms with Crippen molar-refractivity contribution in [3.05, 3.63) is 26.6 Å². The predicted octanol–water partition coefficient (Wildman–Crippen LogP) is 2.33. The summed E-state index contributed by atoms with van der Waals surface area (Å²) in [6.07, 6.45) is 3.83. The van der Waals surface area contributed by atoms with E-state index in [1.54, 1.807) is 25.3 Å². The Hall–Kier alpha value is -2.22. The third kappa shape index (κ3) is 3.25. The highest BCUT2D eigenvalue weighted by atomic mass is 32.1. The van der Waals surface area contributed by atoms with Gasteiger partial charge >= 0.3 is 5.97 Å². The monoisotopic (exact) mass is 377 g/mol. The van der Waals surface area contributed by atoms with Gasteiger partial charge in [0.1, 0.15) is 10.7 Å². The van der Waals surface area contributed by atoms with Gasteiger partial charge in [-0.1, -0.05) is 6.42 Å². The number of aromatic nitrogens is 2. The topological polar surface area (TPSA) is 101 Å². The van der Waals surface area contributed by atoms with Crippen LogP contribution in [0.25, 0.3) is 10.2 Å². The fourth-order valence-corrected chi connectivity index (χ4v) is 4.33. The number of thiophene rings is 1. The number of aliphatic carboxylic acids is 1. The molecule has 140 valence electrons. The fraction of sp³-hybridized carbons (Fsp3) is 0.556. The third-order valence-corrected chi connectivity index (χ3v) is 6.30. The van der Waals surface area contributed by atoms with Crippen LogP contribution in [-0.4, -0.2) is 32.6 Å². The zero-order valence-corrected chi connectivity index (χ0v) is 16.0. The number of hydrogen-bond donors (Lipinski definition) is 2. The van der Waals surface area contributed by atoms with Crippen molar-refractivity contribution in [1.82, 2.24) is 14.9 Å². The summed E-state index contributed by atoms with van der Waals surface area (Å²) in [7, 11) is 0. The van der Waals surface area contributed by atoms with Crippen LogP contribution in [-0.2, 0) is 17.8 Å². The van der Waals surface area contributed by atoms with E-state index in [1.807, 2.05) is 0 Å². The van der Waals surface area contributed by atoms with Crippen LogP contribution < -0.4 is 10.9 Å². The molecule has 0 spiro atoms. The summed E-state index contributed by atoms with van der Waals surface area (Å²) in [4.78, 5) is 42.3. The van der Waals surface area contributed by atoms with Gasteiger partial charge < -0.3 is 10.4 Å². The van der Waals surface area contributed by atoms with Crippen LogP contribution in [0.15, 0.2) is 4.79 Å². The molecule has 2 unspecified atom stereocenters. The van der Waals surface area contributed by atoms with Crippen LogP contribution in [0.5, 0.6) is 0 Å². The number of aryl methyl sites for hydroxylation is 2. The second kappa shape index (κ2) is 7.19. The minimum Gasteiger partial charge on any atom is -0.481 e. The van der Waals surface area contributed by atoms with Gasteiger partial charge in [0.2, 0.25) is 0 Å². The van der Waals surface area contributed by atoms with Crippen molar-refractivity contribution in [2.45, 2.75) is 59.0 Å². The molecule has 2 aromatic heterocycles. The molecule has 8 heteroatoms. The van der Waals surface area contributed by atoms with E-state index < -0.39 is 17.9 Å². The maximum Gasteiger partial charge on any atom is 0.308 e. The van der Waals surface area contributed by atoms with Gasteiger partial charge in [-0.25, -0.2) is 4.98 Å². The second-order valence-corrected chi connectivity index (χ2v) is 7.92. The summed E-state index contributed by atoms with van der Waals surface area (Å²) < 4.78 is 1.74. The highest BCUT2D eigenvalue weighted by Crippen LogP contribution is 2.28. The van der Waals surface area contributed by atoms with Gasteiger partial charge in [-0.2, -0.15) is 0 Å². The van der Waals surface area contributed by atoms with E-state index in [0.717, 1.165) is 31.5 Å². The third-order valence-electron chi connectivity index (χ3n) is 5.12. The van der Waals surface area contributed by atoms with Crippen molar-refractivity contribution >= 4 is 33.4 Å². The molecule has 2 aromatic rings. The molecule has 3 heterocycles. The van der Waals surface area contributed by atoms with E-state index >= 15 is 0 Å². The number of nitrogens with one attached hydrogen (secondary N) is 1. The van der Waals surface area contributed by atoms with E-state index in [1.165, 1.54) is 11.3 Å². The number of carboxylic acid groups (broad SMARTS) is 1. The number of fused-ring (bicyclic) bond motifs is 2. The van der Waals surface area contributed by atoms with E-state index in [4.69, 9.17) is 5.11 Å². The standard InChI is InChI=1S/C18H23N3O4S/c1-9(18(24)25)11(3)19-15(22)14-10(2)13-16(26-14)20-12-7-5-4-6-8-21(12)17(13)23/h9,11H,4-8H2,1-3H3,(H,19,22)(H,24,25). The lowest BCUT2D eigenvalue weighted by atomic mass is 10.0. The minimum absolute atomic E-state index is 0.0772. The van der Waals surface area contributed by atoms with E-state index in [-0.39, 0.29) is 11.5 Å². The van der Waals surface area contributed by atoms with Crippen LogP contribution in [0, 0.1) is 12.8 Å². The molecule has 1 amide bonds. The summed E-state index contributed by atoms with van der Waals surface area (Å²) in [6, 6.07) is -0.518. The Morgan fingerprint density at radius 1 is 1.27 bits per heavy atom. The van der Waals surface area contributed by atoms with E-state index in [2.05, 4.69) is 10.3 Å². The van der Waals surface area contributed by atoms with Gasteiger partial charge in [0.25, 0.3) is 11.5 Å². The normalized spacial score (nSPS) is 16.6. The van der Waals surface area contributed by atoms with Gasteiger partial charge in [-0.15, -0.1) is 11.3 Å². The van der Waals surface area contributed by atoms with Gasteiger partial charge in [0, 0.05) is 19.0 Å². The van der Waals surface area contributed by atoms with Gasteiger partial charge in [0.05, 0.1) is 16.2 Å². The summed E-state index contributed by atoms with van der Waals surface area (Å²) in [5.74, 6) is -1.23. The van der Waals surface area contributed by atoms with E-state index in [9.17, 15) is 14.4 Å². The van der Waals surface area contributed by atoms with Crippen molar-refractivity contribution in [1.29, 1.82) is 0 Å². The van der Waals surface area contributed by atoms with Crippen molar-refractivity contribution in [2.24, 2.45) is 5.92 Å². The predicted molar refractivity (Wildman–Crippen MR) is 99.9 cm³/mol. The molecule has 0 aromatic carbocycles. The largest absolute Gasteiger partial charge is 0.481 e. The van der Waals surface area contributed by atoms with E-state index in [0.29, 0.717) is 27.2 Å². The SMILES string of the molecule is Cc1c(C(=O)NC(C)C(C)C(=O)O)sc2nc3n(c(=O)c12)CCCCC3. The molecule has 0 aliphatic carbocycles. The van der Waals surface area contributed by atoms with Gasteiger partial charge in [0.15, 0.2) is 0 Å². The van der Waals surface area contributed by atoms with Crippen molar-refractivity contribution in [2.75, 3.05) is 0 Å². The zero-order chi connectivity index (χ0) is 19.0. The number of carboxylic acids is 1. The Morgan fingerprint density at radius 2 is 2.00 bits per heavy atom. The fourth-order valence-electron chi connectivity index (χ4n) is 3.24. The quantitative estimate of drug-likeness (QED) is 0.851. The molecule has 1 aliphatic heterocycles. The van der Waals surface area contributed by atoms with Crippen molar-refractivity contribution in [3.63, 3.8) is 0 Å². The van der Waals surface area contributed by atoms with Crippen LogP contribution >= 0.6 is 11.3 Å². The Bertz CT molecular complexity index is 931. The zero-order valence-electron chi connectivity index (χ0n) is 15.2. The first kappa shape index (κ1) is 18.6. The average molecular weight is 377 g/mol. The maximum absolute atomic E-state index is 12.9. The molecule has 0 saturated carbocycles. The average Bonchev–Trinajstić information content (AvgIpc) is 2.77. The smallest absolute Gasteiger partial charge is 0.308 e. The molecule has 7 nitrogen and oxygen atoms in total. The van der Waals surface area contributed by atoms with Crippen molar-refractivity contribution < 1.29 is 14.7 Å². The first-order chi connectivity index (χ1) is 12.3.